The molecular formula is C22H28N4O4. The third-order valence-corrected chi connectivity index (χ3v) is 5.29. The van der Waals surface area contributed by atoms with Gasteiger partial charge in [-0.15, -0.1) is 0 Å². The van der Waals surface area contributed by atoms with Crippen LogP contribution in [-0.4, -0.2) is 52.4 Å². The van der Waals surface area contributed by atoms with Crippen LogP contribution in [0, 0.1) is 6.92 Å². The second-order valence-electron chi connectivity index (χ2n) is 7.51. The lowest BCUT2D eigenvalue weighted by Crippen LogP contribution is -2.48. The number of likely N-dealkylation sites (tertiary alicyclic amines) is 1. The number of amides is 2. The van der Waals surface area contributed by atoms with Crippen LogP contribution in [0.1, 0.15) is 38.3 Å². The molecule has 160 valence electrons. The third-order valence-electron chi connectivity index (χ3n) is 5.29. The molecule has 3 rings (SSSR count). The molecule has 0 spiro atoms. The van der Waals surface area contributed by atoms with Crippen molar-refractivity contribution in [2.45, 2.75) is 45.7 Å². The van der Waals surface area contributed by atoms with Crippen LogP contribution < -0.4 is 10.9 Å². The quantitative estimate of drug-likeness (QED) is 0.814. The van der Waals surface area contributed by atoms with Crippen LogP contribution in [-0.2, 0) is 9.53 Å². The molecule has 0 saturated carbocycles. The fourth-order valence-electron chi connectivity index (χ4n) is 3.44. The van der Waals surface area contributed by atoms with Crippen molar-refractivity contribution in [1.29, 1.82) is 0 Å². The molecule has 30 heavy (non-hydrogen) atoms. The molecule has 0 radical (unpaired) electrons. The highest BCUT2D eigenvalue weighted by atomic mass is 16.6. The van der Waals surface area contributed by atoms with Gasteiger partial charge in [-0.2, -0.15) is 5.10 Å². The average Bonchev–Trinajstić information content (AvgIpc) is 2.75. The van der Waals surface area contributed by atoms with Gasteiger partial charge in [-0.3, -0.25) is 9.59 Å². The van der Waals surface area contributed by atoms with E-state index in [-0.39, 0.29) is 23.6 Å². The van der Waals surface area contributed by atoms with Crippen LogP contribution in [0.5, 0.6) is 0 Å². The van der Waals surface area contributed by atoms with Gasteiger partial charge >= 0.3 is 6.09 Å². The number of carbonyl (C=O) groups excluding carboxylic acids is 2. The monoisotopic (exact) mass is 412 g/mol. The molecule has 2 heterocycles. The van der Waals surface area contributed by atoms with Crippen LogP contribution in [0.4, 0.5) is 4.79 Å². The van der Waals surface area contributed by atoms with Gasteiger partial charge in [0, 0.05) is 30.8 Å². The summed E-state index contributed by atoms with van der Waals surface area (Å²) in [6.07, 6.45) is 0.964. The number of piperidine rings is 1. The zero-order valence-electron chi connectivity index (χ0n) is 17.6. The molecule has 1 fully saturated rings. The lowest BCUT2D eigenvalue weighted by Gasteiger charge is -2.32. The highest BCUT2D eigenvalue weighted by Crippen LogP contribution is 2.17. The number of ether oxygens (including phenoxy) is 1. The predicted molar refractivity (Wildman–Crippen MR) is 113 cm³/mol. The summed E-state index contributed by atoms with van der Waals surface area (Å²) in [6.45, 7) is 6.84. The van der Waals surface area contributed by atoms with E-state index < -0.39 is 6.04 Å². The van der Waals surface area contributed by atoms with Crippen molar-refractivity contribution < 1.29 is 14.3 Å². The summed E-state index contributed by atoms with van der Waals surface area (Å²) >= 11 is 0. The Morgan fingerprint density at radius 1 is 1.17 bits per heavy atom. The lowest BCUT2D eigenvalue weighted by molar-refractivity contribution is -0.125. The van der Waals surface area contributed by atoms with Gasteiger partial charge in [0.05, 0.1) is 12.3 Å². The lowest BCUT2D eigenvalue weighted by atomic mass is 10.0. The van der Waals surface area contributed by atoms with Crippen molar-refractivity contribution in [3.63, 3.8) is 0 Å². The summed E-state index contributed by atoms with van der Waals surface area (Å²) in [4.78, 5) is 38.5. The number of hydrogen-bond acceptors (Lipinski definition) is 5. The van der Waals surface area contributed by atoms with Crippen LogP contribution in [0.25, 0.3) is 11.3 Å². The molecule has 1 saturated heterocycles. The maximum absolute atomic E-state index is 12.8. The van der Waals surface area contributed by atoms with Crippen molar-refractivity contribution in [2.75, 3.05) is 19.7 Å². The minimum absolute atomic E-state index is 0.0541. The summed E-state index contributed by atoms with van der Waals surface area (Å²) in [5, 5.41) is 7.40. The van der Waals surface area contributed by atoms with Crippen LogP contribution in [0.15, 0.2) is 41.2 Å². The summed E-state index contributed by atoms with van der Waals surface area (Å²) in [6, 6.07) is 10.1. The number of carbonyl (C=O) groups is 2. The van der Waals surface area contributed by atoms with Gasteiger partial charge in [-0.1, -0.05) is 29.8 Å². The van der Waals surface area contributed by atoms with E-state index in [0.29, 0.717) is 38.2 Å². The first-order valence-electron chi connectivity index (χ1n) is 10.3. The molecule has 2 aromatic rings. The maximum atomic E-state index is 12.8. The summed E-state index contributed by atoms with van der Waals surface area (Å²) < 4.78 is 6.23. The van der Waals surface area contributed by atoms with Crippen molar-refractivity contribution in [3.8, 4) is 11.3 Å². The minimum Gasteiger partial charge on any atom is -0.450 e. The molecule has 1 unspecified atom stereocenters. The molecular weight excluding hydrogens is 384 g/mol. The molecule has 0 aliphatic carbocycles. The molecule has 2 amide bonds. The number of nitrogens with zero attached hydrogens (tertiary/aromatic N) is 3. The average molecular weight is 412 g/mol. The zero-order chi connectivity index (χ0) is 21.7. The van der Waals surface area contributed by atoms with Crippen molar-refractivity contribution in [1.82, 2.24) is 20.0 Å². The van der Waals surface area contributed by atoms with Gasteiger partial charge in [-0.05, 0) is 39.7 Å². The molecule has 1 aromatic carbocycles. The van der Waals surface area contributed by atoms with E-state index in [1.807, 2.05) is 31.2 Å². The van der Waals surface area contributed by atoms with Crippen LogP contribution >= 0.6 is 0 Å². The molecule has 0 bridgehead atoms. The number of aromatic nitrogens is 2. The van der Waals surface area contributed by atoms with Crippen LogP contribution in [0.2, 0.25) is 0 Å². The Hall–Kier alpha value is -3.16. The number of hydrogen-bond donors (Lipinski definition) is 1. The van der Waals surface area contributed by atoms with Crippen molar-refractivity contribution in [3.05, 3.63) is 52.3 Å². The van der Waals surface area contributed by atoms with E-state index in [4.69, 9.17) is 4.74 Å². The fourth-order valence-corrected chi connectivity index (χ4v) is 3.44. The normalized spacial score (nSPS) is 15.5. The maximum Gasteiger partial charge on any atom is 0.409 e. The van der Waals surface area contributed by atoms with E-state index in [2.05, 4.69) is 10.4 Å². The summed E-state index contributed by atoms with van der Waals surface area (Å²) in [5.74, 6) is -0.264. The Kier molecular flexibility index (Phi) is 6.87. The Bertz CT molecular complexity index is 946. The van der Waals surface area contributed by atoms with Gasteiger partial charge in [0.2, 0.25) is 5.91 Å². The third kappa shape index (κ3) is 5.06. The first kappa shape index (κ1) is 21.5. The Labute approximate surface area is 175 Å². The summed E-state index contributed by atoms with van der Waals surface area (Å²) in [7, 11) is 0. The molecule has 1 aliphatic rings. The number of aryl methyl sites for hydroxylation is 1. The number of nitrogens with one attached hydrogen (secondary N) is 1. The fraction of sp³-hybridized carbons (Fsp3) is 0.455. The first-order valence-corrected chi connectivity index (χ1v) is 10.3. The zero-order valence-corrected chi connectivity index (χ0v) is 17.6. The van der Waals surface area contributed by atoms with Gasteiger partial charge < -0.3 is 15.0 Å². The predicted octanol–water partition coefficient (Wildman–Crippen LogP) is 2.52. The van der Waals surface area contributed by atoms with Gasteiger partial charge in [-0.25, -0.2) is 9.48 Å². The standard InChI is InChI=1S/C22H28N4O4/c1-4-30-22(29)25-13-11-18(12-14-25)23-21(28)16(3)26-20(27)10-9-19(24-26)17-7-5-15(2)6-8-17/h5-10,16,18H,4,11-14H2,1-3H3,(H,23,28). The van der Waals surface area contributed by atoms with Gasteiger partial charge in [0.15, 0.2) is 0 Å². The second kappa shape index (κ2) is 9.56. The molecule has 8 heteroatoms. The number of benzene rings is 1. The second-order valence-corrected chi connectivity index (χ2v) is 7.51. The van der Waals surface area contributed by atoms with E-state index in [1.54, 1.807) is 24.8 Å². The molecule has 1 aromatic heterocycles. The SMILES string of the molecule is CCOC(=O)N1CCC(NC(=O)C(C)n2nc(-c3ccc(C)cc3)ccc2=O)CC1. The molecule has 1 aliphatic heterocycles. The first-order chi connectivity index (χ1) is 14.4. The van der Waals surface area contributed by atoms with E-state index in [9.17, 15) is 14.4 Å². The Morgan fingerprint density at radius 3 is 2.47 bits per heavy atom. The molecule has 8 nitrogen and oxygen atoms in total. The molecule has 1 atom stereocenters. The minimum atomic E-state index is -0.744. The van der Waals surface area contributed by atoms with E-state index >= 15 is 0 Å². The van der Waals surface area contributed by atoms with E-state index in [1.165, 1.54) is 10.7 Å². The van der Waals surface area contributed by atoms with E-state index in [0.717, 1.165) is 11.1 Å². The topological polar surface area (TPSA) is 93.5 Å². The Balaban J connectivity index is 1.65. The molecule has 1 N–H and O–H groups in total. The van der Waals surface area contributed by atoms with Gasteiger partial charge in [0.1, 0.15) is 6.04 Å². The number of rotatable bonds is 5. The van der Waals surface area contributed by atoms with Crippen molar-refractivity contribution in [2.24, 2.45) is 0 Å². The van der Waals surface area contributed by atoms with Crippen molar-refractivity contribution >= 4 is 12.0 Å². The highest BCUT2D eigenvalue weighted by Gasteiger charge is 2.27. The van der Waals surface area contributed by atoms with Crippen LogP contribution in [0.3, 0.4) is 0 Å². The summed E-state index contributed by atoms with van der Waals surface area (Å²) in [5.41, 5.74) is 2.32. The van der Waals surface area contributed by atoms with Gasteiger partial charge in [0.25, 0.3) is 5.56 Å². The smallest absolute Gasteiger partial charge is 0.409 e. The highest BCUT2D eigenvalue weighted by molar-refractivity contribution is 5.80. The Morgan fingerprint density at radius 2 is 1.83 bits per heavy atom. The largest absolute Gasteiger partial charge is 0.450 e.